The Morgan fingerprint density at radius 3 is 2.70 bits per heavy atom. The molecule has 1 aliphatic rings. The number of aromatic nitrogens is 3. The first-order chi connectivity index (χ1) is 17.6. The maximum absolute atomic E-state index is 12.4. The monoisotopic (exact) mass is 536 g/mol. The summed E-state index contributed by atoms with van der Waals surface area (Å²) in [5.74, 6) is -0.00927. The predicted octanol–water partition coefficient (Wildman–Crippen LogP) is 6.60. The molecule has 3 atom stereocenters. The maximum Gasteiger partial charge on any atom is 0.407 e. The number of ether oxygens (including phenoxy) is 1. The van der Waals surface area contributed by atoms with Gasteiger partial charge in [0.05, 0.1) is 27.9 Å². The molecule has 9 heteroatoms. The number of nitrogens with zero attached hydrogens (tertiary/aromatic N) is 3. The van der Waals surface area contributed by atoms with Gasteiger partial charge in [0.1, 0.15) is 11.9 Å². The second kappa shape index (κ2) is 10.0. The lowest BCUT2D eigenvalue weighted by molar-refractivity contribution is 0.0526. The van der Waals surface area contributed by atoms with Gasteiger partial charge in [-0.3, -0.25) is 0 Å². The summed E-state index contributed by atoms with van der Waals surface area (Å²) in [7, 11) is 0. The Labute approximate surface area is 225 Å². The normalized spacial score (nSPS) is 18.0. The number of rotatable bonds is 5. The van der Waals surface area contributed by atoms with Crippen LogP contribution in [0, 0.1) is 0 Å². The van der Waals surface area contributed by atoms with Gasteiger partial charge in [-0.15, -0.1) is 0 Å². The number of carbonyl (C=O) groups excluding carboxylic acids is 1. The topological polar surface area (TPSA) is 97.2 Å². The Hall–Kier alpha value is -3.07. The minimum atomic E-state index is -0.585. The minimum Gasteiger partial charge on any atom is -0.444 e. The van der Waals surface area contributed by atoms with Crippen LogP contribution in [0.5, 0.6) is 0 Å². The molecule has 7 nitrogen and oxygen atoms in total. The first kappa shape index (κ1) is 25.6. The van der Waals surface area contributed by atoms with Crippen LogP contribution in [0.15, 0.2) is 48.8 Å². The number of aliphatic hydroxyl groups is 1. The number of nitrogens with one attached hydrogen (secondary N) is 1. The molecule has 192 valence electrons. The van der Waals surface area contributed by atoms with E-state index in [1.165, 1.54) is 17.9 Å². The first-order valence-corrected chi connectivity index (χ1v) is 13.4. The third kappa shape index (κ3) is 5.32. The average molecular weight is 537 g/mol. The van der Waals surface area contributed by atoms with Crippen molar-refractivity contribution in [3.8, 4) is 11.3 Å². The van der Waals surface area contributed by atoms with E-state index in [-0.39, 0.29) is 11.8 Å². The van der Waals surface area contributed by atoms with Crippen LogP contribution in [0.2, 0.25) is 5.02 Å². The molecular formula is C28H29ClN4O3S. The number of halogens is 1. The van der Waals surface area contributed by atoms with E-state index >= 15 is 0 Å². The molecule has 0 aliphatic heterocycles. The van der Waals surface area contributed by atoms with Gasteiger partial charge in [-0.2, -0.15) is 4.37 Å². The van der Waals surface area contributed by atoms with Crippen LogP contribution in [-0.2, 0) is 4.74 Å². The highest BCUT2D eigenvalue weighted by molar-refractivity contribution is 7.13. The van der Waals surface area contributed by atoms with Crippen LogP contribution < -0.4 is 5.32 Å². The van der Waals surface area contributed by atoms with Crippen LogP contribution in [0.1, 0.15) is 74.6 Å². The molecule has 2 aromatic heterocycles. The van der Waals surface area contributed by atoms with E-state index in [0.29, 0.717) is 18.0 Å². The molecule has 0 saturated heterocycles. The maximum atomic E-state index is 12.4. The van der Waals surface area contributed by atoms with Crippen molar-refractivity contribution < 1.29 is 14.6 Å². The second-order valence-corrected chi connectivity index (χ2v) is 11.7. The number of aliphatic hydroxyl groups excluding tert-OH is 1. The third-order valence-electron chi connectivity index (χ3n) is 6.53. The summed E-state index contributed by atoms with van der Waals surface area (Å²) in [5.41, 5.74) is 4.84. The second-order valence-electron chi connectivity index (χ2n) is 10.4. The van der Waals surface area contributed by atoms with Crippen molar-refractivity contribution in [2.75, 3.05) is 6.54 Å². The number of hydrogen-bond acceptors (Lipinski definition) is 7. The van der Waals surface area contributed by atoms with Gasteiger partial charge in [0.15, 0.2) is 0 Å². The molecule has 5 rings (SSSR count). The molecule has 2 N–H and O–H groups in total. The zero-order valence-corrected chi connectivity index (χ0v) is 22.7. The molecular weight excluding hydrogens is 508 g/mol. The Morgan fingerprint density at radius 1 is 1.22 bits per heavy atom. The van der Waals surface area contributed by atoms with Crippen LogP contribution in [-0.4, -0.2) is 37.7 Å². The average Bonchev–Trinajstić information content (AvgIpc) is 3.39. The summed E-state index contributed by atoms with van der Waals surface area (Å²) in [6.45, 7) is 7.93. The van der Waals surface area contributed by atoms with Gasteiger partial charge in [0.2, 0.25) is 0 Å². The Kier molecular flexibility index (Phi) is 6.91. The van der Waals surface area contributed by atoms with Crippen molar-refractivity contribution in [1.82, 2.24) is 19.7 Å². The number of amides is 1. The lowest BCUT2D eigenvalue weighted by Gasteiger charge is -2.22. The summed E-state index contributed by atoms with van der Waals surface area (Å²) in [6.07, 6.45) is 1.16. The van der Waals surface area contributed by atoms with Crippen molar-refractivity contribution in [1.29, 1.82) is 0 Å². The van der Waals surface area contributed by atoms with Crippen LogP contribution in [0.25, 0.3) is 21.3 Å². The van der Waals surface area contributed by atoms with Gasteiger partial charge in [-0.1, -0.05) is 42.8 Å². The quantitative estimate of drug-likeness (QED) is 0.298. The number of alkyl carbamates (subject to hydrolysis) is 1. The SMILES string of the molecule is C[C@@H]1C[C@@H](O)c2ncnc(-c3ccc4c(C(CNC(=O)OC(C)(C)C)c5ccc(Cl)cc5)nsc4c3)c21. The zero-order valence-electron chi connectivity index (χ0n) is 21.2. The van der Waals surface area contributed by atoms with Crippen LogP contribution in [0.4, 0.5) is 4.79 Å². The van der Waals surface area contributed by atoms with Gasteiger partial charge in [0, 0.05) is 34.0 Å². The van der Waals surface area contributed by atoms with E-state index in [4.69, 9.17) is 20.7 Å². The molecule has 2 heterocycles. The van der Waals surface area contributed by atoms with Crippen molar-refractivity contribution in [2.24, 2.45) is 0 Å². The summed E-state index contributed by atoms with van der Waals surface area (Å²) in [4.78, 5) is 21.3. The standard InChI is InChI=1S/C28H29ClN4O3S/c1-15-11-21(34)26-23(15)24(31-14-32-26)17-7-10-19-22(12-17)37-33-25(19)20(16-5-8-18(29)9-6-16)13-30-27(35)36-28(2,3)4/h5-10,12,14-15,20-21,34H,11,13H2,1-4H3,(H,30,35)/t15-,20?,21-/m1/s1. The van der Waals surface area contributed by atoms with Gasteiger partial charge < -0.3 is 15.2 Å². The number of fused-ring (bicyclic) bond motifs is 2. The molecule has 4 aromatic rings. The van der Waals surface area contributed by atoms with Gasteiger partial charge >= 0.3 is 6.09 Å². The van der Waals surface area contributed by atoms with Crippen molar-refractivity contribution in [3.05, 3.63) is 76.3 Å². The molecule has 2 aromatic carbocycles. The third-order valence-corrected chi connectivity index (χ3v) is 7.60. The Balaban J connectivity index is 1.50. The van der Waals surface area contributed by atoms with E-state index in [1.807, 2.05) is 51.1 Å². The molecule has 37 heavy (non-hydrogen) atoms. The number of benzene rings is 2. The van der Waals surface area contributed by atoms with E-state index in [9.17, 15) is 9.90 Å². The fraction of sp³-hybridized carbons (Fsp3) is 0.357. The molecule has 0 spiro atoms. The Morgan fingerprint density at radius 2 is 1.97 bits per heavy atom. The molecule has 0 bridgehead atoms. The Bertz CT molecular complexity index is 1450. The highest BCUT2D eigenvalue weighted by atomic mass is 35.5. The molecule has 0 fully saturated rings. The molecule has 1 unspecified atom stereocenters. The fourth-order valence-corrected chi connectivity index (χ4v) is 5.88. The van der Waals surface area contributed by atoms with E-state index < -0.39 is 17.8 Å². The largest absolute Gasteiger partial charge is 0.444 e. The van der Waals surface area contributed by atoms with Crippen molar-refractivity contribution in [3.63, 3.8) is 0 Å². The fourth-order valence-electron chi connectivity index (χ4n) is 4.88. The van der Waals surface area contributed by atoms with Crippen LogP contribution >= 0.6 is 23.1 Å². The first-order valence-electron chi connectivity index (χ1n) is 12.3. The summed E-state index contributed by atoms with van der Waals surface area (Å²) in [5, 5.41) is 15.0. The van der Waals surface area contributed by atoms with Crippen molar-refractivity contribution >= 4 is 39.3 Å². The molecule has 0 saturated carbocycles. The van der Waals surface area contributed by atoms with Crippen LogP contribution in [0.3, 0.4) is 0 Å². The summed E-state index contributed by atoms with van der Waals surface area (Å²) >= 11 is 7.56. The summed E-state index contributed by atoms with van der Waals surface area (Å²) in [6, 6.07) is 13.8. The number of hydrogen-bond donors (Lipinski definition) is 2. The van der Waals surface area contributed by atoms with Crippen molar-refractivity contribution in [2.45, 2.75) is 57.7 Å². The molecule has 1 amide bonds. The zero-order chi connectivity index (χ0) is 26.3. The van der Waals surface area contributed by atoms with E-state index in [1.54, 1.807) is 0 Å². The van der Waals surface area contributed by atoms with E-state index in [0.717, 1.165) is 43.9 Å². The van der Waals surface area contributed by atoms with Gasteiger partial charge in [-0.05, 0) is 68.4 Å². The summed E-state index contributed by atoms with van der Waals surface area (Å²) < 4.78 is 11.3. The lowest BCUT2D eigenvalue weighted by atomic mass is 9.92. The highest BCUT2D eigenvalue weighted by Crippen LogP contribution is 2.43. The number of carbonyl (C=O) groups is 1. The minimum absolute atomic E-state index is 0.183. The predicted molar refractivity (Wildman–Crippen MR) is 146 cm³/mol. The molecule has 0 radical (unpaired) electrons. The lowest BCUT2D eigenvalue weighted by Crippen LogP contribution is -2.35. The smallest absolute Gasteiger partial charge is 0.407 e. The van der Waals surface area contributed by atoms with Gasteiger partial charge in [-0.25, -0.2) is 14.8 Å². The van der Waals surface area contributed by atoms with Gasteiger partial charge in [0.25, 0.3) is 0 Å². The van der Waals surface area contributed by atoms with E-state index in [2.05, 4.69) is 34.3 Å². The highest BCUT2D eigenvalue weighted by Gasteiger charge is 2.32. The molecule has 1 aliphatic carbocycles.